The van der Waals surface area contributed by atoms with Gasteiger partial charge in [-0.15, -0.1) is 0 Å². The molecule has 2 aromatic heterocycles. The summed E-state index contributed by atoms with van der Waals surface area (Å²) in [6.07, 6.45) is 13.1. The lowest BCUT2D eigenvalue weighted by molar-refractivity contribution is -0.0198. The van der Waals surface area contributed by atoms with E-state index in [1.165, 1.54) is 18.2 Å². The quantitative estimate of drug-likeness (QED) is 0.145. The van der Waals surface area contributed by atoms with E-state index < -0.39 is 17.2 Å². The Bertz CT molecular complexity index is 1510. The summed E-state index contributed by atoms with van der Waals surface area (Å²) < 4.78 is 41.8. The van der Waals surface area contributed by atoms with Crippen LogP contribution in [0.15, 0.2) is 42.9 Å². The Balaban J connectivity index is 1.26. The van der Waals surface area contributed by atoms with Crippen LogP contribution in [0.4, 0.5) is 20.4 Å². The number of ether oxygens (including phenoxy) is 2. The van der Waals surface area contributed by atoms with Crippen LogP contribution in [-0.4, -0.2) is 46.5 Å². The number of hydrogen-bond acceptors (Lipinski definition) is 8. The van der Waals surface area contributed by atoms with Gasteiger partial charge in [0.1, 0.15) is 11.6 Å². The zero-order valence-corrected chi connectivity index (χ0v) is 25.1. The highest BCUT2D eigenvalue weighted by molar-refractivity contribution is 6.09. The Morgan fingerprint density at radius 3 is 2.68 bits per heavy atom. The molecule has 2 aliphatic carbocycles. The van der Waals surface area contributed by atoms with E-state index in [9.17, 15) is 0 Å². The van der Waals surface area contributed by atoms with Gasteiger partial charge in [-0.1, -0.05) is 19.8 Å². The molecule has 2 heterocycles. The third-order valence-corrected chi connectivity index (χ3v) is 8.93. The molecule has 0 aliphatic heterocycles. The summed E-state index contributed by atoms with van der Waals surface area (Å²) in [5, 5.41) is 20.5. The Morgan fingerprint density at radius 1 is 1.25 bits per heavy atom. The molecule has 5 N–H and O–H groups in total. The summed E-state index contributed by atoms with van der Waals surface area (Å²) in [6.45, 7) is 2.50. The van der Waals surface area contributed by atoms with Crippen molar-refractivity contribution in [2.75, 3.05) is 19.0 Å². The molecular weight excluding hydrogens is 564 g/mol. The lowest BCUT2D eigenvalue weighted by atomic mass is 9.74. The molecule has 3 aromatic rings. The zero-order valence-electron chi connectivity index (χ0n) is 25.1. The molecule has 2 aliphatic rings. The van der Waals surface area contributed by atoms with Crippen LogP contribution in [0.1, 0.15) is 80.2 Å². The number of pyridine rings is 1. The van der Waals surface area contributed by atoms with Crippen LogP contribution in [0.25, 0.3) is 6.08 Å². The number of anilines is 2. The highest BCUT2D eigenvalue weighted by atomic mass is 19.1. The van der Waals surface area contributed by atoms with Crippen molar-refractivity contribution in [3.05, 3.63) is 76.9 Å². The first-order valence-electron chi connectivity index (χ1n) is 15.1. The summed E-state index contributed by atoms with van der Waals surface area (Å²) in [5.41, 5.74) is 8.04. The molecule has 0 radical (unpaired) electrons. The van der Waals surface area contributed by atoms with Gasteiger partial charge in [-0.25, -0.2) is 13.8 Å². The molecule has 0 bridgehead atoms. The van der Waals surface area contributed by atoms with Crippen molar-refractivity contribution in [1.82, 2.24) is 15.0 Å². The smallest absolute Gasteiger partial charge is 0.205 e. The first-order chi connectivity index (χ1) is 21.2. The number of nitrogens with one attached hydrogen (secondary N) is 3. The van der Waals surface area contributed by atoms with Crippen LogP contribution in [-0.2, 0) is 15.1 Å². The second-order valence-corrected chi connectivity index (χ2v) is 11.8. The fourth-order valence-electron chi connectivity index (χ4n) is 6.73. The second-order valence-electron chi connectivity index (χ2n) is 11.8. The number of allylic oxidation sites excluding steroid dienone is 1. The Kier molecular flexibility index (Phi) is 9.84. The molecule has 2 saturated carbocycles. The molecule has 11 heteroatoms. The highest BCUT2D eigenvalue weighted by Gasteiger charge is 2.37. The summed E-state index contributed by atoms with van der Waals surface area (Å²) in [4.78, 5) is 11.8. The predicted molar refractivity (Wildman–Crippen MR) is 165 cm³/mol. The maximum absolute atomic E-state index is 15.1. The number of rotatable bonds is 11. The number of halogens is 2. The number of nitriles is 1. The number of hydrogen-bond donors (Lipinski definition) is 4. The van der Waals surface area contributed by atoms with E-state index in [0.29, 0.717) is 43.1 Å². The van der Waals surface area contributed by atoms with Gasteiger partial charge >= 0.3 is 0 Å². The van der Waals surface area contributed by atoms with Crippen molar-refractivity contribution < 1.29 is 18.3 Å². The van der Waals surface area contributed by atoms with Gasteiger partial charge in [0.25, 0.3) is 0 Å². The molecule has 232 valence electrons. The molecule has 0 amide bonds. The SMILES string of the molecule is COC1(c2cc(F)c(C(=N)/C=C\c3cnc(Nc4cnccc4[C@H]4C[C@@H](N)[C@@H](OCCC#N)[C@@H](C)C4)[nH]3)c(F)c2)CCCC1. The lowest BCUT2D eigenvalue weighted by Gasteiger charge is -2.39. The molecule has 1 aromatic carbocycles. The maximum Gasteiger partial charge on any atom is 0.205 e. The number of nitrogens with zero attached hydrogens (tertiary/aromatic N) is 3. The van der Waals surface area contributed by atoms with Crippen LogP contribution < -0.4 is 11.1 Å². The minimum absolute atomic E-state index is 0.0924. The van der Waals surface area contributed by atoms with Gasteiger partial charge in [-0.05, 0) is 79.0 Å². The standard InChI is InChI=1S/C33H39F2N7O2/c1-20-14-21(15-28(38)31(20)44-13-5-11-36)24-8-12-39-19-29(24)42-32-40-18-23(41-32)6-7-27(37)30-25(34)16-22(17-26(30)35)33(43-2)9-3-4-10-33/h6-8,12,16-21,28,31,37H,3-5,9-10,13-15,38H2,1-2H3,(H2,40,41,42)/b7-6-,37-27?/t20-,21+,28+,31-/m0/s1. The van der Waals surface area contributed by atoms with Crippen LogP contribution in [0, 0.1) is 34.3 Å². The van der Waals surface area contributed by atoms with E-state index in [-0.39, 0.29) is 35.3 Å². The molecule has 0 spiro atoms. The first-order valence-corrected chi connectivity index (χ1v) is 15.1. The van der Waals surface area contributed by atoms with Crippen LogP contribution in [0.3, 0.4) is 0 Å². The third kappa shape index (κ3) is 6.73. The topological polar surface area (TPSA) is 146 Å². The number of imidazole rings is 1. The summed E-state index contributed by atoms with van der Waals surface area (Å²) in [6, 6.07) is 6.51. The van der Waals surface area contributed by atoms with E-state index in [1.54, 1.807) is 31.8 Å². The molecule has 0 saturated heterocycles. The van der Waals surface area contributed by atoms with Crippen molar-refractivity contribution in [2.45, 2.75) is 75.5 Å². The fraction of sp³-hybridized carbons (Fsp3) is 0.455. The number of nitrogens with two attached hydrogens (primary N) is 1. The second kappa shape index (κ2) is 13.8. The van der Waals surface area contributed by atoms with Gasteiger partial charge in [0.15, 0.2) is 0 Å². The fourth-order valence-corrected chi connectivity index (χ4v) is 6.73. The Hall–Kier alpha value is -3.98. The van der Waals surface area contributed by atoms with E-state index >= 15 is 8.78 Å². The van der Waals surface area contributed by atoms with Crippen LogP contribution in [0.2, 0.25) is 0 Å². The van der Waals surface area contributed by atoms with Gasteiger partial charge in [0.05, 0.1) is 65.9 Å². The van der Waals surface area contributed by atoms with E-state index in [1.807, 2.05) is 6.07 Å². The van der Waals surface area contributed by atoms with E-state index in [0.717, 1.165) is 36.9 Å². The minimum atomic E-state index is -0.786. The molecule has 0 unspecified atom stereocenters. The van der Waals surface area contributed by atoms with Crippen molar-refractivity contribution in [3.8, 4) is 6.07 Å². The van der Waals surface area contributed by atoms with Crippen molar-refractivity contribution >= 4 is 23.4 Å². The third-order valence-electron chi connectivity index (χ3n) is 8.93. The molecule has 44 heavy (non-hydrogen) atoms. The molecule has 4 atom stereocenters. The average molecular weight is 604 g/mol. The Morgan fingerprint density at radius 2 is 2.00 bits per heavy atom. The normalized spacial score (nSPS) is 23.1. The maximum atomic E-state index is 15.1. The zero-order chi connectivity index (χ0) is 31.3. The summed E-state index contributed by atoms with van der Waals surface area (Å²) in [5.74, 6) is -0.718. The molecule has 2 fully saturated rings. The first kappa shape index (κ1) is 31.4. The van der Waals surface area contributed by atoms with E-state index in [2.05, 4.69) is 33.3 Å². The van der Waals surface area contributed by atoms with Gasteiger partial charge in [0.2, 0.25) is 5.95 Å². The largest absolute Gasteiger partial charge is 0.375 e. The number of aromatic amines is 1. The van der Waals surface area contributed by atoms with Crippen molar-refractivity contribution in [3.63, 3.8) is 0 Å². The number of methoxy groups -OCH3 is 1. The van der Waals surface area contributed by atoms with Gasteiger partial charge in [-0.3, -0.25) is 4.98 Å². The monoisotopic (exact) mass is 603 g/mol. The number of aromatic nitrogens is 3. The predicted octanol–water partition coefficient (Wildman–Crippen LogP) is 6.46. The number of H-pyrrole nitrogens is 1. The minimum Gasteiger partial charge on any atom is -0.375 e. The van der Waals surface area contributed by atoms with Crippen molar-refractivity contribution in [1.29, 1.82) is 10.7 Å². The molecule has 5 rings (SSSR count). The Labute approximate surface area is 256 Å². The molecular formula is C33H39F2N7O2. The average Bonchev–Trinajstić information content (AvgIpc) is 3.68. The van der Waals surface area contributed by atoms with Crippen molar-refractivity contribution in [2.24, 2.45) is 11.7 Å². The molecule has 9 nitrogen and oxygen atoms in total. The highest BCUT2D eigenvalue weighted by Crippen LogP contribution is 2.43. The van der Waals surface area contributed by atoms with Gasteiger partial charge < -0.3 is 30.9 Å². The van der Waals surface area contributed by atoms with Crippen LogP contribution in [0.5, 0.6) is 0 Å². The van der Waals surface area contributed by atoms with E-state index in [4.69, 9.17) is 25.9 Å². The van der Waals surface area contributed by atoms with Crippen LogP contribution >= 0.6 is 0 Å². The van der Waals surface area contributed by atoms with Gasteiger partial charge in [-0.2, -0.15) is 5.26 Å². The summed E-state index contributed by atoms with van der Waals surface area (Å²) >= 11 is 0. The number of benzene rings is 1. The lowest BCUT2D eigenvalue weighted by Crippen LogP contribution is -2.46. The van der Waals surface area contributed by atoms with Gasteiger partial charge in [0, 0.05) is 19.3 Å². The summed E-state index contributed by atoms with van der Waals surface area (Å²) in [7, 11) is 1.57.